The summed E-state index contributed by atoms with van der Waals surface area (Å²) in [6.07, 6.45) is 0. The Morgan fingerprint density at radius 3 is 1.40 bits per heavy atom. The summed E-state index contributed by atoms with van der Waals surface area (Å²) in [4.78, 5) is 4.91. The van der Waals surface area contributed by atoms with Crippen molar-refractivity contribution in [2.75, 3.05) is 59.4 Å². The smallest absolute Gasteiger partial charge is 0.0110 e. The molecule has 4 nitrogen and oxygen atoms in total. The van der Waals surface area contributed by atoms with E-state index in [1.165, 1.54) is 0 Å². The van der Waals surface area contributed by atoms with Gasteiger partial charge in [0.15, 0.2) is 0 Å². The van der Waals surface area contributed by atoms with Crippen LogP contribution in [0.4, 0.5) is 0 Å². The highest BCUT2D eigenvalue weighted by Crippen LogP contribution is 1.96. The predicted molar refractivity (Wildman–Crippen MR) is 92.6 cm³/mol. The summed E-state index contributed by atoms with van der Waals surface area (Å²) in [6.45, 7) is 21.6. The first-order chi connectivity index (χ1) is 9.70. The lowest BCUT2D eigenvalue weighted by molar-refractivity contribution is 0.215. The second-order valence-electron chi connectivity index (χ2n) is 4.93. The van der Waals surface area contributed by atoms with Crippen LogP contribution in [-0.2, 0) is 0 Å². The van der Waals surface area contributed by atoms with Crippen LogP contribution in [0, 0.1) is 0 Å². The molecule has 0 radical (unpaired) electrons. The van der Waals surface area contributed by atoms with Gasteiger partial charge in [-0.1, -0.05) is 27.7 Å². The van der Waals surface area contributed by atoms with Crippen molar-refractivity contribution in [2.45, 2.75) is 47.6 Å². The standard InChI is InChI=1S/C12H28N4.2C2H6/c1-12(2)16-10-6-13-4-8-15(3)9-5-14-7-11-16;2*1-2/h12-14H,4-11H2,1-3H3;2*1-2H3. The second kappa shape index (κ2) is 16.9. The van der Waals surface area contributed by atoms with E-state index in [2.05, 4.69) is 41.3 Å². The SMILES string of the molecule is CC.CC.CC(C)N1CCNCCN(C)CCNCC1. The fourth-order valence-corrected chi connectivity index (χ4v) is 1.98. The Hall–Kier alpha value is -0.160. The average molecular weight is 289 g/mol. The third-order valence-electron chi connectivity index (χ3n) is 3.22. The van der Waals surface area contributed by atoms with Crippen LogP contribution in [0.3, 0.4) is 0 Å². The largest absolute Gasteiger partial charge is 0.314 e. The van der Waals surface area contributed by atoms with Crippen molar-refractivity contribution in [1.29, 1.82) is 0 Å². The first kappa shape index (κ1) is 22.1. The number of nitrogens with one attached hydrogen (secondary N) is 2. The number of rotatable bonds is 1. The molecular weight excluding hydrogens is 248 g/mol. The normalized spacial score (nSPS) is 19.8. The maximum absolute atomic E-state index is 3.51. The molecule has 1 aliphatic heterocycles. The van der Waals surface area contributed by atoms with Crippen molar-refractivity contribution in [3.05, 3.63) is 0 Å². The summed E-state index contributed by atoms with van der Waals surface area (Å²) >= 11 is 0. The van der Waals surface area contributed by atoms with Gasteiger partial charge in [0.2, 0.25) is 0 Å². The zero-order valence-corrected chi connectivity index (χ0v) is 15.1. The molecule has 4 heteroatoms. The molecule has 2 N–H and O–H groups in total. The number of likely N-dealkylation sites (N-methyl/N-ethyl adjacent to an activating group) is 1. The van der Waals surface area contributed by atoms with Gasteiger partial charge in [-0.2, -0.15) is 0 Å². The predicted octanol–water partition coefficient (Wildman–Crippen LogP) is 1.87. The van der Waals surface area contributed by atoms with E-state index >= 15 is 0 Å². The first-order valence-corrected chi connectivity index (χ1v) is 8.54. The highest BCUT2D eigenvalue weighted by Gasteiger charge is 2.09. The van der Waals surface area contributed by atoms with Gasteiger partial charge in [0.05, 0.1) is 0 Å². The summed E-state index contributed by atoms with van der Waals surface area (Å²) in [7, 11) is 2.19. The lowest BCUT2D eigenvalue weighted by Crippen LogP contribution is -2.44. The van der Waals surface area contributed by atoms with E-state index in [4.69, 9.17) is 0 Å². The topological polar surface area (TPSA) is 30.5 Å². The number of nitrogens with zero attached hydrogens (tertiary/aromatic N) is 2. The van der Waals surface area contributed by atoms with Crippen molar-refractivity contribution >= 4 is 0 Å². The molecule has 1 heterocycles. The van der Waals surface area contributed by atoms with Crippen molar-refractivity contribution in [2.24, 2.45) is 0 Å². The van der Waals surface area contributed by atoms with Crippen molar-refractivity contribution in [3.63, 3.8) is 0 Å². The highest BCUT2D eigenvalue weighted by atomic mass is 15.2. The molecule has 1 rings (SSSR count). The molecule has 0 spiro atoms. The monoisotopic (exact) mass is 288 g/mol. The maximum Gasteiger partial charge on any atom is 0.0110 e. The van der Waals surface area contributed by atoms with E-state index in [0.29, 0.717) is 6.04 Å². The second-order valence-corrected chi connectivity index (χ2v) is 4.93. The summed E-state index contributed by atoms with van der Waals surface area (Å²) in [5.41, 5.74) is 0. The molecule has 20 heavy (non-hydrogen) atoms. The molecule has 1 saturated heterocycles. The molecule has 1 aliphatic rings. The molecule has 0 amide bonds. The van der Waals surface area contributed by atoms with Crippen LogP contribution in [0.1, 0.15) is 41.5 Å². The van der Waals surface area contributed by atoms with Crippen LogP contribution in [0.2, 0.25) is 0 Å². The average Bonchev–Trinajstić information content (AvgIpc) is 2.46. The minimum Gasteiger partial charge on any atom is -0.314 e. The van der Waals surface area contributed by atoms with Crippen molar-refractivity contribution < 1.29 is 0 Å². The van der Waals surface area contributed by atoms with E-state index in [1.54, 1.807) is 0 Å². The third-order valence-corrected chi connectivity index (χ3v) is 3.22. The van der Waals surface area contributed by atoms with E-state index in [9.17, 15) is 0 Å². The molecule has 0 atom stereocenters. The van der Waals surface area contributed by atoms with Crippen LogP contribution in [0.5, 0.6) is 0 Å². The zero-order chi connectivity index (χ0) is 15.8. The molecule has 0 aliphatic carbocycles. The minimum atomic E-state index is 0.647. The summed E-state index contributed by atoms with van der Waals surface area (Å²) in [5.74, 6) is 0. The fourth-order valence-electron chi connectivity index (χ4n) is 1.98. The summed E-state index contributed by atoms with van der Waals surface area (Å²) in [5, 5.41) is 7.03. The molecule has 0 aromatic carbocycles. The van der Waals surface area contributed by atoms with Gasteiger partial charge in [-0.25, -0.2) is 0 Å². The van der Waals surface area contributed by atoms with Gasteiger partial charge >= 0.3 is 0 Å². The quantitative estimate of drug-likeness (QED) is 0.771. The fraction of sp³-hybridized carbons (Fsp3) is 1.00. The Morgan fingerprint density at radius 2 is 1.05 bits per heavy atom. The van der Waals surface area contributed by atoms with E-state index in [1.807, 2.05) is 27.7 Å². The van der Waals surface area contributed by atoms with Crippen LogP contribution in [-0.4, -0.2) is 75.2 Å². The van der Waals surface area contributed by atoms with Crippen molar-refractivity contribution in [1.82, 2.24) is 20.4 Å². The van der Waals surface area contributed by atoms with E-state index in [-0.39, 0.29) is 0 Å². The lowest BCUT2D eigenvalue weighted by Gasteiger charge is -2.28. The Kier molecular flexibility index (Phi) is 18.7. The molecule has 1 fully saturated rings. The Bertz CT molecular complexity index is 160. The number of hydrogen-bond donors (Lipinski definition) is 2. The van der Waals surface area contributed by atoms with Crippen LogP contribution in [0.15, 0.2) is 0 Å². The van der Waals surface area contributed by atoms with Gasteiger partial charge in [-0.15, -0.1) is 0 Å². The molecule has 0 unspecified atom stereocenters. The van der Waals surface area contributed by atoms with Crippen LogP contribution < -0.4 is 10.6 Å². The first-order valence-electron chi connectivity index (χ1n) is 8.54. The van der Waals surface area contributed by atoms with Gasteiger partial charge in [-0.3, -0.25) is 4.90 Å². The molecule has 0 aromatic heterocycles. The third kappa shape index (κ3) is 12.9. The van der Waals surface area contributed by atoms with E-state index in [0.717, 1.165) is 52.4 Å². The Labute approximate surface area is 128 Å². The molecular formula is C16H40N4. The van der Waals surface area contributed by atoms with Gasteiger partial charge in [0, 0.05) is 58.4 Å². The molecule has 124 valence electrons. The van der Waals surface area contributed by atoms with Crippen LogP contribution >= 0.6 is 0 Å². The highest BCUT2D eigenvalue weighted by molar-refractivity contribution is 4.68. The lowest BCUT2D eigenvalue weighted by atomic mass is 10.3. The van der Waals surface area contributed by atoms with Crippen molar-refractivity contribution in [3.8, 4) is 0 Å². The summed E-state index contributed by atoms with van der Waals surface area (Å²) in [6, 6.07) is 0.647. The zero-order valence-electron chi connectivity index (χ0n) is 15.1. The Balaban J connectivity index is 0. The van der Waals surface area contributed by atoms with Gasteiger partial charge in [0.25, 0.3) is 0 Å². The van der Waals surface area contributed by atoms with Gasteiger partial charge < -0.3 is 15.5 Å². The van der Waals surface area contributed by atoms with E-state index < -0.39 is 0 Å². The van der Waals surface area contributed by atoms with Crippen LogP contribution in [0.25, 0.3) is 0 Å². The molecule has 0 saturated carbocycles. The summed E-state index contributed by atoms with van der Waals surface area (Å²) < 4.78 is 0. The Morgan fingerprint density at radius 1 is 0.700 bits per heavy atom. The minimum absolute atomic E-state index is 0.647. The molecule has 0 bridgehead atoms. The number of hydrogen-bond acceptors (Lipinski definition) is 4. The van der Waals surface area contributed by atoms with Gasteiger partial charge in [-0.05, 0) is 20.9 Å². The maximum atomic E-state index is 3.51. The van der Waals surface area contributed by atoms with Gasteiger partial charge in [0.1, 0.15) is 0 Å². The molecule has 0 aromatic rings.